The summed E-state index contributed by atoms with van der Waals surface area (Å²) in [5.41, 5.74) is 1.85. The molecule has 1 aromatic carbocycles. The molecule has 0 aliphatic carbocycles. The number of aromatic nitrogens is 2. The van der Waals surface area contributed by atoms with E-state index in [9.17, 15) is 9.59 Å². The first-order chi connectivity index (χ1) is 16.9. The molecule has 1 fully saturated rings. The third-order valence-corrected chi connectivity index (χ3v) is 6.78. The van der Waals surface area contributed by atoms with Crippen molar-refractivity contribution >= 4 is 17.6 Å². The zero-order valence-corrected chi connectivity index (χ0v) is 21.2. The Hall–Kier alpha value is -3.27. The minimum atomic E-state index is -0.518. The van der Waals surface area contributed by atoms with E-state index in [4.69, 9.17) is 14.2 Å². The fourth-order valence-electron chi connectivity index (χ4n) is 5.01. The van der Waals surface area contributed by atoms with E-state index in [1.165, 1.54) is 0 Å². The molecule has 3 heterocycles. The topological polar surface area (TPSA) is 89.4 Å². The number of methoxy groups -OCH3 is 3. The molecule has 2 amide bonds. The van der Waals surface area contributed by atoms with Crippen molar-refractivity contribution in [3.05, 3.63) is 29.5 Å². The monoisotopic (exact) mass is 485 g/mol. The van der Waals surface area contributed by atoms with Crippen LogP contribution in [-0.4, -0.2) is 84.9 Å². The summed E-state index contributed by atoms with van der Waals surface area (Å²) in [6.45, 7) is 7.75. The van der Waals surface area contributed by atoms with Crippen LogP contribution in [0.25, 0.3) is 0 Å². The molecule has 190 valence electrons. The van der Waals surface area contributed by atoms with Gasteiger partial charge in [-0.05, 0) is 19.4 Å². The Labute approximate surface area is 206 Å². The third-order valence-electron chi connectivity index (χ3n) is 6.78. The molecule has 1 saturated heterocycles. The molecular formula is C25H35N5O5. The highest BCUT2D eigenvalue weighted by atomic mass is 16.5. The number of nitrogens with zero attached hydrogens (tertiary/aromatic N) is 5. The van der Waals surface area contributed by atoms with Crippen molar-refractivity contribution in [2.45, 2.75) is 45.8 Å². The smallest absolute Gasteiger partial charge is 0.245 e. The van der Waals surface area contributed by atoms with Crippen LogP contribution >= 0.6 is 0 Å². The van der Waals surface area contributed by atoms with Crippen LogP contribution in [0, 0.1) is 6.92 Å². The first-order valence-electron chi connectivity index (χ1n) is 12.1. The molecule has 0 N–H and O–H groups in total. The second kappa shape index (κ2) is 10.6. The van der Waals surface area contributed by atoms with Gasteiger partial charge in [0.25, 0.3) is 0 Å². The predicted octanol–water partition coefficient (Wildman–Crippen LogP) is 2.08. The number of hydrogen-bond donors (Lipinski definition) is 0. The van der Waals surface area contributed by atoms with Crippen LogP contribution in [0.15, 0.2) is 18.2 Å². The van der Waals surface area contributed by atoms with Gasteiger partial charge in [-0.15, -0.1) is 0 Å². The molecule has 0 spiro atoms. The molecule has 2 aromatic rings. The van der Waals surface area contributed by atoms with Gasteiger partial charge in [-0.2, -0.15) is 5.10 Å². The molecule has 10 nitrogen and oxygen atoms in total. The molecule has 35 heavy (non-hydrogen) atoms. The average Bonchev–Trinajstić information content (AvgIpc) is 3.25. The minimum Gasteiger partial charge on any atom is -0.493 e. The van der Waals surface area contributed by atoms with E-state index in [2.05, 4.69) is 10.00 Å². The molecule has 0 saturated carbocycles. The molecule has 1 unspecified atom stereocenters. The first kappa shape index (κ1) is 24.8. The number of amides is 2. The van der Waals surface area contributed by atoms with E-state index in [0.29, 0.717) is 56.3 Å². The molecule has 0 radical (unpaired) electrons. The number of carbonyl (C=O) groups excluding carboxylic acids is 2. The Morgan fingerprint density at radius 3 is 2.37 bits per heavy atom. The van der Waals surface area contributed by atoms with Gasteiger partial charge in [0.2, 0.25) is 17.6 Å². The van der Waals surface area contributed by atoms with Crippen LogP contribution in [0.1, 0.15) is 31.0 Å². The fraction of sp³-hybridized carbons (Fsp3) is 0.560. The number of rotatable bonds is 8. The van der Waals surface area contributed by atoms with Gasteiger partial charge in [0.15, 0.2) is 11.5 Å². The van der Waals surface area contributed by atoms with Gasteiger partial charge in [-0.25, -0.2) is 4.68 Å². The Kier molecular flexibility index (Phi) is 7.49. The Morgan fingerprint density at radius 2 is 1.74 bits per heavy atom. The molecule has 10 heteroatoms. The Morgan fingerprint density at radius 1 is 1.03 bits per heavy atom. The van der Waals surface area contributed by atoms with E-state index in [0.717, 1.165) is 30.2 Å². The van der Waals surface area contributed by atoms with Gasteiger partial charge in [-0.1, -0.05) is 13.0 Å². The van der Waals surface area contributed by atoms with Crippen molar-refractivity contribution in [3.8, 4) is 17.2 Å². The van der Waals surface area contributed by atoms with Crippen LogP contribution in [0.5, 0.6) is 17.2 Å². The zero-order chi connectivity index (χ0) is 25.1. The maximum absolute atomic E-state index is 13.5. The number of piperazine rings is 1. The van der Waals surface area contributed by atoms with Gasteiger partial charge in [0.05, 0.1) is 33.6 Å². The average molecular weight is 486 g/mol. The summed E-state index contributed by atoms with van der Waals surface area (Å²) in [4.78, 5) is 32.2. The largest absolute Gasteiger partial charge is 0.493 e. The number of aryl methyl sites for hydroxylation is 2. The van der Waals surface area contributed by atoms with Crippen molar-refractivity contribution in [2.24, 2.45) is 0 Å². The second-order valence-electron chi connectivity index (χ2n) is 8.90. The van der Waals surface area contributed by atoms with Gasteiger partial charge >= 0.3 is 0 Å². The van der Waals surface area contributed by atoms with Gasteiger partial charge in [0.1, 0.15) is 11.9 Å². The Balaban J connectivity index is 1.43. The first-order valence-corrected chi connectivity index (χ1v) is 12.1. The molecule has 1 aromatic heterocycles. The van der Waals surface area contributed by atoms with Crippen LogP contribution < -0.4 is 19.1 Å². The molecule has 4 rings (SSSR count). The van der Waals surface area contributed by atoms with Crippen molar-refractivity contribution in [3.63, 3.8) is 0 Å². The summed E-state index contributed by atoms with van der Waals surface area (Å²) in [5, 5.41) is 4.48. The maximum Gasteiger partial charge on any atom is 0.245 e. The van der Waals surface area contributed by atoms with E-state index >= 15 is 0 Å². The number of carbonyl (C=O) groups is 2. The highest BCUT2D eigenvalue weighted by molar-refractivity contribution is 6.01. The quantitative estimate of drug-likeness (QED) is 0.566. The lowest BCUT2D eigenvalue weighted by molar-refractivity contribution is -0.136. The summed E-state index contributed by atoms with van der Waals surface area (Å²) in [6, 6.07) is 5.24. The van der Waals surface area contributed by atoms with E-state index in [-0.39, 0.29) is 11.8 Å². The lowest BCUT2D eigenvalue weighted by Crippen LogP contribution is -2.57. The number of anilines is 1. The fourth-order valence-corrected chi connectivity index (χ4v) is 5.01. The van der Waals surface area contributed by atoms with E-state index < -0.39 is 6.04 Å². The van der Waals surface area contributed by atoms with E-state index in [1.54, 1.807) is 26.2 Å². The molecule has 1 atom stereocenters. The highest BCUT2D eigenvalue weighted by Gasteiger charge is 2.37. The summed E-state index contributed by atoms with van der Waals surface area (Å²) in [5.74, 6) is 2.56. The molecule has 2 aliphatic rings. The van der Waals surface area contributed by atoms with Crippen molar-refractivity contribution < 1.29 is 23.8 Å². The van der Waals surface area contributed by atoms with Gasteiger partial charge in [0, 0.05) is 50.8 Å². The minimum absolute atomic E-state index is 0.00324. The molecule has 0 bridgehead atoms. The highest BCUT2D eigenvalue weighted by Crippen LogP contribution is 2.40. The number of ether oxygens (including phenoxy) is 3. The molecular weight excluding hydrogens is 450 g/mol. The zero-order valence-electron chi connectivity index (χ0n) is 21.2. The Bertz CT molecular complexity index is 1080. The summed E-state index contributed by atoms with van der Waals surface area (Å²) in [6.07, 6.45) is 0.913. The standard InChI is InChI=1S/C25H35N5O5/c1-6-19(30-21-15-17(2)26-29(21)10-9-22(30)31)25(32)28-13-11-27(12-14-28)16-18-7-8-20(33-3)24(35-5)23(18)34-4/h7-8,15,19H,6,9-14,16H2,1-5H3. The molecule has 2 aliphatic heterocycles. The SMILES string of the molecule is CCC(C(=O)N1CCN(Cc2ccc(OC)c(OC)c2OC)CC1)N1C(=O)CCn2nc(C)cc21. The number of benzene rings is 1. The lowest BCUT2D eigenvalue weighted by atomic mass is 10.1. The summed E-state index contributed by atoms with van der Waals surface area (Å²) in [7, 11) is 4.82. The van der Waals surface area contributed by atoms with Crippen LogP contribution in [0.4, 0.5) is 5.82 Å². The van der Waals surface area contributed by atoms with Gasteiger partial charge < -0.3 is 19.1 Å². The van der Waals surface area contributed by atoms with Crippen LogP contribution in [-0.2, 0) is 22.7 Å². The summed E-state index contributed by atoms with van der Waals surface area (Å²) >= 11 is 0. The normalized spacial score (nSPS) is 17.2. The van der Waals surface area contributed by atoms with Gasteiger partial charge in [-0.3, -0.25) is 19.4 Å². The van der Waals surface area contributed by atoms with Crippen molar-refractivity contribution in [1.29, 1.82) is 0 Å². The van der Waals surface area contributed by atoms with Crippen LogP contribution in [0.3, 0.4) is 0 Å². The van der Waals surface area contributed by atoms with Crippen LogP contribution in [0.2, 0.25) is 0 Å². The number of fused-ring (bicyclic) bond motifs is 1. The lowest BCUT2D eigenvalue weighted by Gasteiger charge is -2.40. The predicted molar refractivity (Wildman–Crippen MR) is 131 cm³/mol. The van der Waals surface area contributed by atoms with Crippen molar-refractivity contribution in [2.75, 3.05) is 52.4 Å². The summed E-state index contributed by atoms with van der Waals surface area (Å²) < 4.78 is 18.3. The maximum atomic E-state index is 13.5. The number of hydrogen-bond acceptors (Lipinski definition) is 7. The van der Waals surface area contributed by atoms with Crippen molar-refractivity contribution in [1.82, 2.24) is 19.6 Å². The third kappa shape index (κ3) is 4.80. The van der Waals surface area contributed by atoms with E-state index in [1.807, 2.05) is 41.6 Å². The second-order valence-corrected chi connectivity index (χ2v) is 8.90.